The summed E-state index contributed by atoms with van der Waals surface area (Å²) < 4.78 is 13.1. The fraction of sp³-hybridized carbons (Fsp3) is 0.393. The van der Waals surface area contributed by atoms with Crippen LogP contribution in [-0.2, 0) is 6.42 Å². The van der Waals surface area contributed by atoms with Crippen molar-refractivity contribution in [1.82, 2.24) is 9.97 Å². The zero-order valence-electron chi connectivity index (χ0n) is 20.1. The van der Waals surface area contributed by atoms with Gasteiger partial charge in [0.15, 0.2) is 0 Å². The summed E-state index contributed by atoms with van der Waals surface area (Å²) >= 11 is 0. The Hall–Kier alpha value is -3.46. The molecule has 0 radical (unpaired) electrons. The maximum absolute atomic E-state index is 13.1. The summed E-state index contributed by atoms with van der Waals surface area (Å²) in [6.45, 7) is 7.63. The molecule has 0 aliphatic heterocycles. The minimum absolute atomic E-state index is 0.230. The van der Waals surface area contributed by atoms with Crippen molar-refractivity contribution in [3.8, 4) is 17.2 Å². The summed E-state index contributed by atoms with van der Waals surface area (Å²) in [5.41, 5.74) is 3.97. The van der Waals surface area contributed by atoms with Crippen LogP contribution in [-0.4, -0.2) is 22.6 Å². The molecule has 0 amide bonds. The van der Waals surface area contributed by atoms with Crippen LogP contribution in [0.1, 0.15) is 51.2 Å². The number of nitrogens with one attached hydrogen (secondary N) is 2. The molecule has 0 spiro atoms. The van der Waals surface area contributed by atoms with Crippen LogP contribution in [0.2, 0.25) is 0 Å². The van der Waals surface area contributed by atoms with Crippen molar-refractivity contribution in [2.45, 2.75) is 52.5 Å². The van der Waals surface area contributed by atoms with Gasteiger partial charge in [0.1, 0.15) is 23.3 Å². The standard InChI is InChI=1S/C28H32FN5/c1-19-4-13-25(16-28(19,2)3)33-26-23(17-30)18-32-27(34-26)31-15-14-20-5-7-21(8-6-20)22-9-11-24(29)12-10-22/h5-12,18-19,25H,4,13-16H2,1-3H3,(H2,31,32,33,34)/t19-,25+/m0/s1. The first-order valence-corrected chi connectivity index (χ1v) is 12.0. The summed E-state index contributed by atoms with van der Waals surface area (Å²) in [7, 11) is 0. The Morgan fingerprint density at radius 3 is 2.38 bits per heavy atom. The van der Waals surface area contributed by atoms with Crippen molar-refractivity contribution in [3.05, 3.63) is 71.7 Å². The fourth-order valence-electron chi connectivity index (χ4n) is 4.58. The smallest absolute Gasteiger partial charge is 0.224 e. The lowest BCUT2D eigenvalue weighted by molar-refractivity contribution is 0.143. The first-order valence-electron chi connectivity index (χ1n) is 12.0. The quantitative estimate of drug-likeness (QED) is 0.427. The molecule has 1 aliphatic carbocycles. The van der Waals surface area contributed by atoms with Crippen LogP contribution in [0.15, 0.2) is 54.7 Å². The fourth-order valence-corrected chi connectivity index (χ4v) is 4.58. The van der Waals surface area contributed by atoms with Gasteiger partial charge >= 0.3 is 0 Å². The molecule has 1 aromatic heterocycles. The van der Waals surface area contributed by atoms with Gasteiger partial charge in [-0.1, -0.05) is 57.2 Å². The molecule has 1 fully saturated rings. The molecule has 3 aromatic rings. The molecule has 4 rings (SSSR count). The van der Waals surface area contributed by atoms with Crippen molar-refractivity contribution in [1.29, 1.82) is 5.26 Å². The van der Waals surface area contributed by atoms with Crippen molar-refractivity contribution in [2.24, 2.45) is 11.3 Å². The van der Waals surface area contributed by atoms with Gasteiger partial charge in [0, 0.05) is 12.6 Å². The van der Waals surface area contributed by atoms with Crippen LogP contribution in [0, 0.1) is 28.5 Å². The third-order valence-corrected chi connectivity index (χ3v) is 7.13. The van der Waals surface area contributed by atoms with E-state index in [0.717, 1.165) is 30.4 Å². The molecule has 0 unspecified atom stereocenters. The Morgan fingerprint density at radius 1 is 1.06 bits per heavy atom. The van der Waals surface area contributed by atoms with Gasteiger partial charge in [-0.25, -0.2) is 9.37 Å². The molecule has 5 nitrogen and oxygen atoms in total. The van der Waals surface area contributed by atoms with E-state index in [2.05, 4.69) is 71.7 Å². The van der Waals surface area contributed by atoms with Gasteiger partial charge in [-0.3, -0.25) is 0 Å². The summed E-state index contributed by atoms with van der Waals surface area (Å²) in [5.74, 6) is 1.59. The number of anilines is 2. The molecule has 2 aromatic carbocycles. The minimum atomic E-state index is -0.230. The van der Waals surface area contributed by atoms with E-state index in [9.17, 15) is 9.65 Å². The first kappa shape index (κ1) is 23.7. The Labute approximate surface area is 201 Å². The number of hydrogen-bond acceptors (Lipinski definition) is 5. The lowest BCUT2D eigenvalue weighted by Gasteiger charge is -2.41. The summed E-state index contributed by atoms with van der Waals surface area (Å²) in [4.78, 5) is 8.93. The number of rotatable bonds is 7. The molecule has 2 N–H and O–H groups in total. The molecule has 2 atom stereocenters. The van der Waals surface area contributed by atoms with Crippen LogP contribution >= 0.6 is 0 Å². The molecule has 0 bridgehead atoms. The molecule has 1 saturated carbocycles. The van der Waals surface area contributed by atoms with Gasteiger partial charge in [0.05, 0.1) is 6.20 Å². The highest BCUT2D eigenvalue weighted by Crippen LogP contribution is 2.41. The lowest BCUT2D eigenvalue weighted by Crippen LogP contribution is -2.37. The summed E-state index contributed by atoms with van der Waals surface area (Å²) in [6.07, 6.45) is 5.70. The first-order chi connectivity index (χ1) is 16.3. The van der Waals surface area contributed by atoms with Crippen LogP contribution < -0.4 is 10.6 Å². The number of halogens is 1. The van der Waals surface area contributed by atoms with E-state index >= 15 is 0 Å². The van der Waals surface area contributed by atoms with E-state index in [1.807, 2.05) is 0 Å². The maximum Gasteiger partial charge on any atom is 0.224 e. The van der Waals surface area contributed by atoms with E-state index in [-0.39, 0.29) is 11.2 Å². The second kappa shape index (κ2) is 10.2. The van der Waals surface area contributed by atoms with Gasteiger partial charge in [0.2, 0.25) is 5.95 Å². The Bertz CT molecular complexity index is 1150. The molecule has 6 heteroatoms. The van der Waals surface area contributed by atoms with Crippen molar-refractivity contribution in [3.63, 3.8) is 0 Å². The highest BCUT2D eigenvalue weighted by Gasteiger charge is 2.34. The molecule has 1 aliphatic rings. The Morgan fingerprint density at radius 2 is 1.74 bits per heavy atom. The summed E-state index contributed by atoms with van der Waals surface area (Å²) in [5, 5.41) is 16.3. The highest BCUT2D eigenvalue weighted by atomic mass is 19.1. The van der Waals surface area contributed by atoms with Gasteiger partial charge in [-0.15, -0.1) is 0 Å². The van der Waals surface area contributed by atoms with Gasteiger partial charge < -0.3 is 10.6 Å². The number of benzene rings is 2. The molecular formula is C28H32FN5. The average Bonchev–Trinajstić information content (AvgIpc) is 2.82. The molecule has 1 heterocycles. The second-order valence-corrected chi connectivity index (χ2v) is 9.96. The lowest BCUT2D eigenvalue weighted by atomic mass is 9.68. The monoisotopic (exact) mass is 457 g/mol. The van der Waals surface area contributed by atoms with Gasteiger partial charge in [-0.2, -0.15) is 10.2 Å². The number of aromatic nitrogens is 2. The zero-order chi connectivity index (χ0) is 24.1. The van der Waals surface area contributed by atoms with E-state index in [0.29, 0.717) is 35.8 Å². The van der Waals surface area contributed by atoms with Crippen LogP contribution in [0.4, 0.5) is 16.2 Å². The Kier molecular flexibility index (Phi) is 7.12. The van der Waals surface area contributed by atoms with Crippen LogP contribution in [0.3, 0.4) is 0 Å². The molecule has 34 heavy (non-hydrogen) atoms. The third-order valence-electron chi connectivity index (χ3n) is 7.13. The second-order valence-electron chi connectivity index (χ2n) is 9.96. The average molecular weight is 458 g/mol. The number of hydrogen-bond donors (Lipinski definition) is 2. The van der Waals surface area contributed by atoms with Gasteiger partial charge in [0.25, 0.3) is 0 Å². The maximum atomic E-state index is 13.1. The Balaban J connectivity index is 1.35. The van der Waals surface area contributed by atoms with E-state index in [1.165, 1.54) is 24.1 Å². The van der Waals surface area contributed by atoms with E-state index < -0.39 is 0 Å². The van der Waals surface area contributed by atoms with Crippen LogP contribution in [0.25, 0.3) is 11.1 Å². The third kappa shape index (κ3) is 5.72. The highest BCUT2D eigenvalue weighted by molar-refractivity contribution is 5.63. The van der Waals surface area contributed by atoms with Crippen molar-refractivity contribution in [2.75, 3.05) is 17.2 Å². The largest absolute Gasteiger partial charge is 0.366 e. The number of nitrogens with zero attached hydrogens (tertiary/aromatic N) is 3. The molecule has 0 saturated heterocycles. The topological polar surface area (TPSA) is 73.6 Å². The molecule has 176 valence electrons. The minimum Gasteiger partial charge on any atom is -0.366 e. The predicted octanol–water partition coefficient (Wildman–Crippen LogP) is 6.44. The predicted molar refractivity (Wildman–Crippen MR) is 135 cm³/mol. The van der Waals surface area contributed by atoms with Crippen LogP contribution in [0.5, 0.6) is 0 Å². The normalized spacial score (nSPS) is 19.3. The van der Waals surface area contributed by atoms with Crippen molar-refractivity contribution < 1.29 is 4.39 Å². The van der Waals surface area contributed by atoms with E-state index in [1.54, 1.807) is 18.3 Å². The molecular weight excluding hydrogens is 425 g/mol. The van der Waals surface area contributed by atoms with Crippen molar-refractivity contribution >= 4 is 11.8 Å². The SMILES string of the molecule is C[C@H]1CC[C@@H](Nc2nc(NCCc3ccc(-c4ccc(F)cc4)cc3)ncc2C#N)CC1(C)C. The zero-order valence-corrected chi connectivity index (χ0v) is 20.1. The van der Waals surface area contributed by atoms with E-state index in [4.69, 9.17) is 0 Å². The summed E-state index contributed by atoms with van der Waals surface area (Å²) in [6, 6.07) is 17.3. The number of nitriles is 1. The van der Waals surface area contributed by atoms with Gasteiger partial charge in [-0.05, 0) is 65.8 Å².